The van der Waals surface area contributed by atoms with Gasteiger partial charge in [-0.2, -0.15) is 5.26 Å². The second-order valence-corrected chi connectivity index (χ2v) is 6.76. The van der Waals surface area contributed by atoms with Gasteiger partial charge in [0, 0.05) is 27.7 Å². The number of nitriles is 1. The molecule has 1 saturated heterocycles. The highest BCUT2D eigenvalue weighted by Gasteiger charge is 2.52. The van der Waals surface area contributed by atoms with Crippen molar-refractivity contribution >= 4 is 23.9 Å². The normalized spacial score (nSPS) is 24.7. The van der Waals surface area contributed by atoms with Gasteiger partial charge in [0.2, 0.25) is 5.76 Å². The minimum Gasteiger partial charge on any atom is -0.463 e. The second-order valence-electron chi connectivity index (χ2n) is 6.76. The molecule has 0 aliphatic carbocycles. The monoisotopic (exact) mass is 453 g/mol. The van der Waals surface area contributed by atoms with E-state index in [2.05, 4.69) is 0 Å². The summed E-state index contributed by atoms with van der Waals surface area (Å²) in [7, 11) is 0. The third kappa shape index (κ3) is 7.07. The van der Waals surface area contributed by atoms with Crippen LogP contribution in [-0.4, -0.2) is 61.2 Å². The molecule has 0 radical (unpaired) electrons. The van der Waals surface area contributed by atoms with E-state index in [1.165, 1.54) is 19.1 Å². The smallest absolute Gasteiger partial charge is 0.303 e. The van der Waals surface area contributed by atoms with Crippen LogP contribution in [0.25, 0.3) is 0 Å². The molecule has 0 saturated carbocycles. The van der Waals surface area contributed by atoms with Crippen LogP contribution in [0.1, 0.15) is 39.2 Å². The summed E-state index contributed by atoms with van der Waals surface area (Å²) in [4.78, 5) is 46.5. The molecule has 1 aliphatic heterocycles. The largest absolute Gasteiger partial charge is 0.463 e. The average Bonchev–Trinajstić information content (AvgIpc) is 3.15. The van der Waals surface area contributed by atoms with Gasteiger partial charge in [-0.25, -0.2) is 0 Å². The predicted octanol–water partition coefficient (Wildman–Crippen LogP) is 0.751. The zero-order chi connectivity index (χ0) is 23.8. The molecular weight excluding hydrogens is 430 g/mol. The molecule has 12 heteroatoms. The standard InChI is InChI=1S/C20H23NO11/c1-10(22)26-9-16-17(28-11(2)23)18(29-12(3)24)19(30-13(4)25)20(32-16)27-8-15-6-5-14(7-21)31-15/h5-6,16-20H,8-9H2,1-4H3/t16-,17-,18+,19-,20+/m1/s1. The van der Waals surface area contributed by atoms with E-state index in [4.69, 9.17) is 38.1 Å². The van der Waals surface area contributed by atoms with Gasteiger partial charge in [-0.15, -0.1) is 0 Å². The van der Waals surface area contributed by atoms with E-state index >= 15 is 0 Å². The first-order valence-corrected chi connectivity index (χ1v) is 9.51. The molecule has 5 atom stereocenters. The molecule has 0 unspecified atom stereocenters. The molecule has 2 heterocycles. The number of hydrogen-bond donors (Lipinski definition) is 0. The van der Waals surface area contributed by atoms with Gasteiger partial charge in [0.15, 0.2) is 24.6 Å². The topological polar surface area (TPSA) is 161 Å². The number of ether oxygens (including phenoxy) is 6. The van der Waals surface area contributed by atoms with Gasteiger partial charge < -0.3 is 32.8 Å². The van der Waals surface area contributed by atoms with E-state index in [-0.39, 0.29) is 24.7 Å². The molecule has 0 N–H and O–H groups in total. The van der Waals surface area contributed by atoms with Crippen LogP contribution in [0.3, 0.4) is 0 Å². The van der Waals surface area contributed by atoms with Crippen LogP contribution in [0.2, 0.25) is 0 Å². The lowest BCUT2D eigenvalue weighted by Crippen LogP contribution is -2.62. The summed E-state index contributed by atoms with van der Waals surface area (Å²) in [6.07, 6.45) is -6.37. The lowest BCUT2D eigenvalue weighted by molar-refractivity contribution is -0.311. The zero-order valence-corrected chi connectivity index (χ0v) is 17.9. The van der Waals surface area contributed by atoms with Gasteiger partial charge >= 0.3 is 23.9 Å². The van der Waals surface area contributed by atoms with Crippen molar-refractivity contribution in [1.29, 1.82) is 5.26 Å². The van der Waals surface area contributed by atoms with Gasteiger partial charge in [0.1, 0.15) is 31.1 Å². The number of carbonyl (C=O) groups is 4. The number of nitrogens with zero attached hydrogens (tertiary/aromatic N) is 1. The average molecular weight is 453 g/mol. The van der Waals surface area contributed by atoms with Gasteiger partial charge in [-0.1, -0.05) is 0 Å². The fraction of sp³-hybridized carbons (Fsp3) is 0.550. The summed E-state index contributed by atoms with van der Waals surface area (Å²) in [5, 5.41) is 8.87. The molecule has 0 aromatic carbocycles. The third-order valence-electron chi connectivity index (χ3n) is 4.11. The van der Waals surface area contributed by atoms with Crippen molar-refractivity contribution in [3.8, 4) is 6.07 Å². The summed E-state index contributed by atoms with van der Waals surface area (Å²) in [6, 6.07) is 4.77. The van der Waals surface area contributed by atoms with Crippen LogP contribution < -0.4 is 0 Å². The summed E-state index contributed by atoms with van der Waals surface area (Å²) in [5.74, 6) is -2.52. The first-order valence-electron chi connectivity index (χ1n) is 9.51. The Bertz CT molecular complexity index is 886. The zero-order valence-electron chi connectivity index (χ0n) is 17.9. The molecule has 0 bridgehead atoms. The molecule has 2 rings (SSSR count). The van der Waals surface area contributed by atoms with Crippen LogP contribution in [0.4, 0.5) is 0 Å². The summed E-state index contributed by atoms with van der Waals surface area (Å²) < 4.78 is 37.5. The van der Waals surface area contributed by atoms with E-state index in [1.54, 1.807) is 0 Å². The Labute approximate surface area is 183 Å². The highest BCUT2D eigenvalue weighted by molar-refractivity contribution is 5.68. The Balaban J connectivity index is 2.35. The Morgan fingerprint density at radius 3 is 2.03 bits per heavy atom. The molecule has 174 valence electrons. The van der Waals surface area contributed by atoms with Crippen LogP contribution in [-0.2, 0) is 54.2 Å². The SMILES string of the molecule is CC(=O)OC[C@H]1O[C@H](OCc2ccc(C#N)o2)[C@H](OC(C)=O)[C@@H](OC(C)=O)[C@@H]1OC(C)=O. The summed E-state index contributed by atoms with van der Waals surface area (Å²) >= 11 is 0. The molecule has 12 nitrogen and oxygen atoms in total. The van der Waals surface area contributed by atoms with Crippen LogP contribution in [0.5, 0.6) is 0 Å². The van der Waals surface area contributed by atoms with Gasteiger partial charge in [-0.05, 0) is 12.1 Å². The van der Waals surface area contributed by atoms with Crippen molar-refractivity contribution < 1.29 is 52.0 Å². The molecule has 1 fully saturated rings. The Kier molecular flexibility index (Phi) is 8.74. The predicted molar refractivity (Wildman–Crippen MR) is 100 cm³/mol. The number of rotatable bonds is 8. The van der Waals surface area contributed by atoms with Gasteiger partial charge in [0.25, 0.3) is 0 Å². The second kappa shape index (κ2) is 11.3. The number of furan rings is 1. The molecule has 1 aromatic heterocycles. The maximum Gasteiger partial charge on any atom is 0.303 e. The minimum atomic E-state index is -1.33. The van der Waals surface area contributed by atoms with E-state index in [0.29, 0.717) is 0 Å². The molecular formula is C20H23NO11. The third-order valence-corrected chi connectivity index (χ3v) is 4.11. The van der Waals surface area contributed by atoms with Crippen LogP contribution >= 0.6 is 0 Å². The summed E-state index contributed by atoms with van der Waals surface area (Å²) in [6.45, 7) is 3.98. The fourth-order valence-electron chi connectivity index (χ4n) is 3.00. The van der Waals surface area contributed by atoms with E-state index < -0.39 is 54.6 Å². The fourth-order valence-corrected chi connectivity index (χ4v) is 3.00. The van der Waals surface area contributed by atoms with Crippen molar-refractivity contribution in [1.82, 2.24) is 0 Å². The first-order chi connectivity index (χ1) is 15.1. The Morgan fingerprint density at radius 1 is 0.906 bits per heavy atom. The van der Waals surface area contributed by atoms with E-state index in [0.717, 1.165) is 20.8 Å². The van der Waals surface area contributed by atoms with Crippen molar-refractivity contribution in [2.24, 2.45) is 0 Å². The number of hydrogen-bond acceptors (Lipinski definition) is 12. The molecule has 0 amide bonds. The maximum absolute atomic E-state index is 11.8. The van der Waals surface area contributed by atoms with Crippen molar-refractivity contribution in [2.75, 3.05) is 6.61 Å². The first kappa shape index (κ1) is 24.8. The molecule has 1 aromatic rings. The Morgan fingerprint density at radius 2 is 1.50 bits per heavy atom. The van der Waals surface area contributed by atoms with Gasteiger partial charge in [-0.3, -0.25) is 19.2 Å². The minimum absolute atomic E-state index is 0.0603. The molecule has 32 heavy (non-hydrogen) atoms. The lowest BCUT2D eigenvalue weighted by Gasteiger charge is -2.43. The van der Waals surface area contributed by atoms with Crippen molar-refractivity contribution in [3.63, 3.8) is 0 Å². The van der Waals surface area contributed by atoms with Crippen molar-refractivity contribution in [3.05, 3.63) is 23.7 Å². The molecule has 0 spiro atoms. The molecule has 1 aliphatic rings. The van der Waals surface area contributed by atoms with Crippen molar-refractivity contribution in [2.45, 2.75) is 65.0 Å². The summed E-state index contributed by atoms with van der Waals surface area (Å²) in [5.41, 5.74) is 0. The van der Waals surface area contributed by atoms with E-state index in [1.807, 2.05) is 6.07 Å². The lowest BCUT2D eigenvalue weighted by atomic mass is 9.98. The Hall–Kier alpha value is -3.43. The van der Waals surface area contributed by atoms with Crippen LogP contribution in [0.15, 0.2) is 16.5 Å². The quantitative estimate of drug-likeness (QED) is 0.402. The van der Waals surface area contributed by atoms with Gasteiger partial charge in [0.05, 0.1) is 0 Å². The van der Waals surface area contributed by atoms with E-state index in [9.17, 15) is 19.2 Å². The highest BCUT2D eigenvalue weighted by Crippen LogP contribution is 2.30. The number of carbonyl (C=O) groups excluding carboxylic acids is 4. The highest BCUT2D eigenvalue weighted by atomic mass is 16.7. The van der Waals surface area contributed by atoms with Crippen LogP contribution in [0, 0.1) is 11.3 Å². The maximum atomic E-state index is 11.8. The number of esters is 4.